The highest BCUT2D eigenvalue weighted by Gasteiger charge is 2.04. The van der Waals surface area contributed by atoms with Gasteiger partial charge in [0.1, 0.15) is 5.78 Å². The van der Waals surface area contributed by atoms with E-state index in [2.05, 4.69) is 24.3 Å². The number of aliphatic hydroxyl groups is 1. The van der Waals surface area contributed by atoms with Crippen LogP contribution in [0.25, 0.3) is 11.1 Å². The predicted octanol–water partition coefficient (Wildman–Crippen LogP) is 3.93. The van der Waals surface area contributed by atoms with Crippen molar-refractivity contribution in [1.82, 2.24) is 0 Å². The van der Waals surface area contributed by atoms with Gasteiger partial charge in [0, 0.05) is 6.42 Å². The highest BCUT2D eigenvalue weighted by molar-refractivity contribution is 5.75. The van der Waals surface area contributed by atoms with Crippen molar-refractivity contribution in [1.29, 1.82) is 0 Å². The lowest BCUT2D eigenvalue weighted by atomic mass is 9.99. The molecule has 20 heavy (non-hydrogen) atoms. The maximum absolute atomic E-state index is 11.0. The number of carbonyl (C=O) groups is 1. The van der Waals surface area contributed by atoms with Gasteiger partial charge in [-0.3, -0.25) is 0 Å². The molecule has 0 saturated heterocycles. The van der Waals surface area contributed by atoms with Gasteiger partial charge in [0.2, 0.25) is 0 Å². The number of hydrogen-bond donors (Lipinski definition) is 1. The van der Waals surface area contributed by atoms with E-state index in [0.29, 0.717) is 6.42 Å². The number of hydrogen-bond acceptors (Lipinski definition) is 2. The van der Waals surface area contributed by atoms with E-state index in [9.17, 15) is 9.90 Å². The number of aryl methyl sites for hydroxylation is 1. The van der Waals surface area contributed by atoms with Crippen molar-refractivity contribution < 1.29 is 9.90 Å². The molecule has 104 valence electrons. The monoisotopic (exact) mass is 268 g/mol. The molecular formula is C18H20O2. The number of benzene rings is 2. The Morgan fingerprint density at radius 3 is 2.40 bits per heavy atom. The summed E-state index contributed by atoms with van der Waals surface area (Å²) < 4.78 is 0. The minimum Gasteiger partial charge on any atom is -0.389 e. The molecule has 1 atom stereocenters. The number of rotatable bonds is 5. The first kappa shape index (κ1) is 14.5. The first-order valence-electron chi connectivity index (χ1n) is 6.93. The Labute approximate surface area is 120 Å². The average Bonchev–Trinajstić information content (AvgIpc) is 2.46. The van der Waals surface area contributed by atoms with Gasteiger partial charge in [-0.2, -0.15) is 0 Å². The smallest absolute Gasteiger partial charge is 0.130 e. The van der Waals surface area contributed by atoms with Crippen molar-refractivity contribution in [3.05, 3.63) is 59.7 Å². The van der Waals surface area contributed by atoms with Crippen LogP contribution in [0.4, 0.5) is 0 Å². The minimum atomic E-state index is -0.454. The second kappa shape index (κ2) is 6.49. The van der Waals surface area contributed by atoms with Crippen LogP contribution in [0.2, 0.25) is 0 Å². The molecule has 1 unspecified atom stereocenters. The van der Waals surface area contributed by atoms with Gasteiger partial charge in [-0.25, -0.2) is 0 Å². The summed E-state index contributed by atoms with van der Waals surface area (Å²) in [7, 11) is 0. The van der Waals surface area contributed by atoms with E-state index in [1.165, 1.54) is 5.56 Å². The van der Waals surface area contributed by atoms with Gasteiger partial charge < -0.3 is 9.90 Å². The predicted molar refractivity (Wildman–Crippen MR) is 81.5 cm³/mol. The van der Waals surface area contributed by atoms with E-state index < -0.39 is 6.10 Å². The molecular weight excluding hydrogens is 248 g/mol. The molecule has 0 spiro atoms. The molecule has 0 aliphatic rings. The summed E-state index contributed by atoms with van der Waals surface area (Å²) in [5.41, 5.74) is 4.32. The summed E-state index contributed by atoms with van der Waals surface area (Å²) in [6.45, 7) is 3.39. The molecule has 0 aromatic heterocycles. The molecule has 0 aliphatic carbocycles. The molecule has 1 N–H and O–H groups in total. The second-order valence-corrected chi connectivity index (χ2v) is 5.20. The average molecular weight is 268 g/mol. The molecule has 2 rings (SSSR count). The first-order chi connectivity index (χ1) is 9.56. The molecule has 2 aromatic carbocycles. The van der Waals surface area contributed by atoms with Crippen molar-refractivity contribution in [2.75, 3.05) is 0 Å². The van der Waals surface area contributed by atoms with Crippen LogP contribution in [0, 0.1) is 0 Å². The fraction of sp³-hybridized carbons (Fsp3) is 0.278. The lowest BCUT2D eigenvalue weighted by Gasteiger charge is -2.08. The standard InChI is InChI=1S/C18H20O2/c1-13(19)6-7-15-8-10-16(11-9-15)18-5-3-4-17(12-18)14(2)20/h3-5,8-12,14,20H,6-7H2,1-2H3. The van der Waals surface area contributed by atoms with Crippen molar-refractivity contribution in [3.63, 3.8) is 0 Å². The highest BCUT2D eigenvalue weighted by Crippen LogP contribution is 2.23. The number of aliphatic hydroxyl groups excluding tert-OH is 1. The first-order valence-corrected chi connectivity index (χ1v) is 6.93. The van der Waals surface area contributed by atoms with Crippen molar-refractivity contribution in [2.45, 2.75) is 32.8 Å². The van der Waals surface area contributed by atoms with Crippen LogP contribution in [0.1, 0.15) is 37.5 Å². The second-order valence-electron chi connectivity index (χ2n) is 5.20. The summed E-state index contributed by atoms with van der Waals surface area (Å²) in [6, 6.07) is 16.2. The van der Waals surface area contributed by atoms with E-state index in [-0.39, 0.29) is 5.78 Å². The summed E-state index contributed by atoms with van der Waals surface area (Å²) in [5.74, 6) is 0.221. The van der Waals surface area contributed by atoms with E-state index >= 15 is 0 Å². The van der Waals surface area contributed by atoms with Gasteiger partial charge in [-0.1, -0.05) is 42.5 Å². The molecule has 0 saturated carbocycles. The molecule has 2 heteroatoms. The van der Waals surface area contributed by atoms with Crippen LogP contribution in [-0.2, 0) is 11.2 Å². The zero-order valence-electron chi connectivity index (χ0n) is 12.0. The summed E-state index contributed by atoms with van der Waals surface area (Å²) in [6.07, 6.45) is 0.935. The summed E-state index contributed by atoms with van der Waals surface area (Å²) in [5, 5.41) is 9.63. The molecule has 0 bridgehead atoms. The number of carbonyl (C=O) groups excluding carboxylic acids is 1. The van der Waals surface area contributed by atoms with Gasteiger partial charge in [0.15, 0.2) is 0 Å². The Morgan fingerprint density at radius 1 is 1.10 bits per heavy atom. The normalized spacial score (nSPS) is 12.2. The zero-order chi connectivity index (χ0) is 14.5. The maximum Gasteiger partial charge on any atom is 0.130 e. The lowest BCUT2D eigenvalue weighted by Crippen LogP contribution is -1.94. The van der Waals surface area contributed by atoms with Crippen LogP contribution in [0.5, 0.6) is 0 Å². The van der Waals surface area contributed by atoms with Crippen molar-refractivity contribution in [3.8, 4) is 11.1 Å². The summed E-state index contributed by atoms with van der Waals surface area (Å²) >= 11 is 0. The SMILES string of the molecule is CC(=O)CCc1ccc(-c2cccc(C(C)O)c2)cc1. The number of ketones is 1. The van der Waals surface area contributed by atoms with Crippen molar-refractivity contribution >= 4 is 5.78 Å². The Hall–Kier alpha value is -1.93. The molecule has 2 aromatic rings. The van der Waals surface area contributed by atoms with Crippen molar-refractivity contribution in [2.24, 2.45) is 0 Å². The van der Waals surface area contributed by atoms with Gasteiger partial charge in [-0.05, 0) is 48.6 Å². The third-order valence-corrected chi connectivity index (χ3v) is 3.42. The topological polar surface area (TPSA) is 37.3 Å². The van der Waals surface area contributed by atoms with Crippen LogP contribution < -0.4 is 0 Å². The molecule has 0 radical (unpaired) electrons. The Kier molecular flexibility index (Phi) is 4.70. The van der Waals surface area contributed by atoms with E-state index in [4.69, 9.17) is 0 Å². The van der Waals surface area contributed by atoms with Gasteiger partial charge in [-0.15, -0.1) is 0 Å². The minimum absolute atomic E-state index is 0.221. The molecule has 0 amide bonds. The van der Waals surface area contributed by atoms with E-state index in [0.717, 1.165) is 23.1 Å². The van der Waals surface area contributed by atoms with Gasteiger partial charge >= 0.3 is 0 Å². The number of Topliss-reactive ketones (excluding diaryl/α,β-unsaturated/α-hetero) is 1. The molecule has 0 heterocycles. The Bertz CT molecular complexity index is 583. The fourth-order valence-corrected chi connectivity index (χ4v) is 2.16. The van der Waals surface area contributed by atoms with Crippen LogP contribution in [0.15, 0.2) is 48.5 Å². The van der Waals surface area contributed by atoms with Gasteiger partial charge in [0.25, 0.3) is 0 Å². The Morgan fingerprint density at radius 2 is 1.80 bits per heavy atom. The van der Waals surface area contributed by atoms with E-state index in [1.54, 1.807) is 13.8 Å². The van der Waals surface area contributed by atoms with E-state index in [1.807, 2.05) is 24.3 Å². The van der Waals surface area contributed by atoms with Gasteiger partial charge in [0.05, 0.1) is 6.10 Å². The third-order valence-electron chi connectivity index (χ3n) is 3.42. The molecule has 0 fully saturated rings. The third kappa shape index (κ3) is 3.78. The Balaban J connectivity index is 2.17. The largest absolute Gasteiger partial charge is 0.389 e. The lowest BCUT2D eigenvalue weighted by molar-refractivity contribution is -0.116. The quantitative estimate of drug-likeness (QED) is 0.892. The van der Waals surface area contributed by atoms with Crippen LogP contribution in [0.3, 0.4) is 0 Å². The summed E-state index contributed by atoms with van der Waals surface area (Å²) in [4.78, 5) is 11.0. The van der Waals surface area contributed by atoms with Crippen LogP contribution >= 0.6 is 0 Å². The molecule has 2 nitrogen and oxygen atoms in total. The highest BCUT2D eigenvalue weighted by atomic mass is 16.3. The maximum atomic E-state index is 11.0. The van der Waals surface area contributed by atoms with Crippen LogP contribution in [-0.4, -0.2) is 10.9 Å². The zero-order valence-corrected chi connectivity index (χ0v) is 12.0. The molecule has 0 aliphatic heterocycles. The fourth-order valence-electron chi connectivity index (χ4n) is 2.16.